The minimum Gasteiger partial charge on any atom is -0.347 e. The van der Waals surface area contributed by atoms with Gasteiger partial charge in [-0.3, -0.25) is 9.69 Å². The SMILES string of the molecule is Cn1cc(Cl)cc1C(=O)N[C@H]1CCCN(CC(F)(F)F)C1. The first-order valence-corrected chi connectivity index (χ1v) is 7.04. The summed E-state index contributed by atoms with van der Waals surface area (Å²) >= 11 is 5.81. The third kappa shape index (κ3) is 4.64. The molecule has 1 aliphatic heterocycles. The largest absolute Gasteiger partial charge is 0.401 e. The number of hydrogen-bond acceptors (Lipinski definition) is 2. The van der Waals surface area contributed by atoms with E-state index in [1.165, 1.54) is 11.0 Å². The number of halogens is 4. The van der Waals surface area contributed by atoms with Crippen LogP contribution in [0.1, 0.15) is 23.3 Å². The Labute approximate surface area is 125 Å². The fourth-order valence-corrected chi connectivity index (χ4v) is 2.83. The highest BCUT2D eigenvalue weighted by molar-refractivity contribution is 6.31. The number of likely N-dealkylation sites (tertiary alicyclic amines) is 1. The topological polar surface area (TPSA) is 37.3 Å². The number of hydrogen-bond donors (Lipinski definition) is 1. The van der Waals surface area contributed by atoms with E-state index < -0.39 is 12.7 Å². The standard InChI is InChI=1S/C13H17ClF3N3O/c1-19-6-9(14)5-11(19)12(21)18-10-3-2-4-20(7-10)8-13(15,16)17/h5-6,10H,2-4,7-8H2,1H3,(H,18,21)/t10-/m0/s1. The highest BCUT2D eigenvalue weighted by Crippen LogP contribution is 2.20. The number of aryl methyl sites for hydroxylation is 1. The molecule has 0 saturated carbocycles. The van der Waals surface area contributed by atoms with Crippen molar-refractivity contribution in [3.05, 3.63) is 23.0 Å². The van der Waals surface area contributed by atoms with E-state index in [2.05, 4.69) is 5.32 Å². The lowest BCUT2D eigenvalue weighted by atomic mass is 10.1. The van der Waals surface area contributed by atoms with Crippen LogP contribution >= 0.6 is 11.6 Å². The molecule has 1 aromatic heterocycles. The average Bonchev–Trinajstić information content (AvgIpc) is 2.66. The lowest BCUT2D eigenvalue weighted by Gasteiger charge is -2.33. The van der Waals surface area contributed by atoms with E-state index in [9.17, 15) is 18.0 Å². The summed E-state index contributed by atoms with van der Waals surface area (Å²) in [5.74, 6) is -0.316. The van der Waals surface area contributed by atoms with Crippen molar-refractivity contribution in [2.24, 2.45) is 7.05 Å². The van der Waals surface area contributed by atoms with Crippen LogP contribution in [0.15, 0.2) is 12.3 Å². The van der Waals surface area contributed by atoms with E-state index in [0.717, 1.165) is 0 Å². The second kappa shape index (κ2) is 6.27. The predicted molar refractivity (Wildman–Crippen MR) is 73.4 cm³/mol. The molecule has 1 aromatic rings. The van der Waals surface area contributed by atoms with Gasteiger partial charge in [-0.15, -0.1) is 0 Å². The van der Waals surface area contributed by atoms with Crippen LogP contribution in [-0.4, -0.2) is 47.2 Å². The van der Waals surface area contributed by atoms with Gasteiger partial charge in [0, 0.05) is 25.8 Å². The minimum atomic E-state index is -4.21. The maximum atomic E-state index is 12.4. The van der Waals surface area contributed by atoms with Gasteiger partial charge >= 0.3 is 6.18 Å². The number of amides is 1. The zero-order valence-corrected chi connectivity index (χ0v) is 12.3. The lowest BCUT2D eigenvalue weighted by Crippen LogP contribution is -2.50. The van der Waals surface area contributed by atoms with Crippen molar-refractivity contribution in [1.82, 2.24) is 14.8 Å². The van der Waals surface area contributed by atoms with Gasteiger partial charge in [-0.05, 0) is 25.5 Å². The van der Waals surface area contributed by atoms with E-state index in [1.807, 2.05) is 0 Å². The normalized spacial score (nSPS) is 20.5. The van der Waals surface area contributed by atoms with Crippen LogP contribution in [-0.2, 0) is 7.05 Å². The number of carbonyl (C=O) groups is 1. The van der Waals surface area contributed by atoms with Crippen molar-refractivity contribution in [3.63, 3.8) is 0 Å². The Hall–Kier alpha value is -1.21. The quantitative estimate of drug-likeness (QED) is 0.927. The Morgan fingerprint density at radius 3 is 2.81 bits per heavy atom. The number of aromatic nitrogens is 1. The molecule has 0 bridgehead atoms. The summed E-state index contributed by atoms with van der Waals surface area (Å²) in [6, 6.07) is 1.26. The summed E-state index contributed by atoms with van der Waals surface area (Å²) in [7, 11) is 1.69. The molecular formula is C13H17ClF3N3O. The first-order chi connectivity index (χ1) is 9.74. The molecule has 8 heteroatoms. The number of nitrogens with one attached hydrogen (secondary N) is 1. The maximum absolute atomic E-state index is 12.4. The molecule has 1 N–H and O–H groups in total. The molecule has 0 unspecified atom stereocenters. The molecule has 1 amide bonds. The number of nitrogens with zero attached hydrogens (tertiary/aromatic N) is 2. The van der Waals surface area contributed by atoms with Crippen molar-refractivity contribution < 1.29 is 18.0 Å². The molecule has 21 heavy (non-hydrogen) atoms. The highest BCUT2D eigenvalue weighted by atomic mass is 35.5. The maximum Gasteiger partial charge on any atom is 0.401 e. The van der Waals surface area contributed by atoms with Crippen LogP contribution in [0.3, 0.4) is 0 Å². The van der Waals surface area contributed by atoms with Gasteiger partial charge in [0.25, 0.3) is 5.91 Å². The first-order valence-electron chi connectivity index (χ1n) is 6.66. The van der Waals surface area contributed by atoms with E-state index in [-0.39, 0.29) is 18.5 Å². The van der Waals surface area contributed by atoms with E-state index in [1.54, 1.807) is 17.8 Å². The highest BCUT2D eigenvalue weighted by Gasteiger charge is 2.33. The molecule has 1 saturated heterocycles. The van der Waals surface area contributed by atoms with Gasteiger partial charge in [-0.2, -0.15) is 13.2 Å². The summed E-state index contributed by atoms with van der Waals surface area (Å²) in [5.41, 5.74) is 0.396. The van der Waals surface area contributed by atoms with Crippen molar-refractivity contribution >= 4 is 17.5 Å². The number of carbonyl (C=O) groups excluding carboxylic acids is 1. The van der Waals surface area contributed by atoms with E-state index >= 15 is 0 Å². The predicted octanol–water partition coefficient (Wildman–Crippen LogP) is 2.44. The van der Waals surface area contributed by atoms with Crippen LogP contribution in [0.25, 0.3) is 0 Å². The Morgan fingerprint density at radius 2 is 2.24 bits per heavy atom. The summed E-state index contributed by atoms with van der Waals surface area (Å²) in [6.45, 7) is -0.319. The average molecular weight is 324 g/mol. The molecule has 0 radical (unpaired) electrons. The van der Waals surface area contributed by atoms with Gasteiger partial charge in [0.2, 0.25) is 0 Å². The molecule has 2 rings (SSSR count). The van der Waals surface area contributed by atoms with Crippen molar-refractivity contribution in [2.75, 3.05) is 19.6 Å². The minimum absolute atomic E-state index is 0.212. The van der Waals surface area contributed by atoms with Gasteiger partial charge in [-0.25, -0.2) is 0 Å². The summed E-state index contributed by atoms with van der Waals surface area (Å²) in [4.78, 5) is 13.4. The Morgan fingerprint density at radius 1 is 1.52 bits per heavy atom. The number of alkyl halides is 3. The molecule has 1 atom stereocenters. The fourth-order valence-electron chi connectivity index (χ4n) is 2.58. The van der Waals surface area contributed by atoms with Gasteiger partial charge in [0.15, 0.2) is 0 Å². The van der Waals surface area contributed by atoms with Gasteiger partial charge < -0.3 is 9.88 Å². The molecular weight excluding hydrogens is 307 g/mol. The Bertz CT molecular complexity index is 515. The van der Waals surface area contributed by atoms with Crippen LogP contribution in [0.5, 0.6) is 0 Å². The van der Waals surface area contributed by atoms with Crippen LogP contribution < -0.4 is 5.32 Å². The van der Waals surface area contributed by atoms with E-state index in [4.69, 9.17) is 11.6 Å². The van der Waals surface area contributed by atoms with Gasteiger partial charge in [0.05, 0.1) is 11.6 Å². The van der Waals surface area contributed by atoms with Crippen LogP contribution in [0, 0.1) is 0 Å². The third-order valence-corrected chi connectivity index (χ3v) is 3.65. The van der Waals surface area contributed by atoms with Crippen LogP contribution in [0.2, 0.25) is 5.02 Å². The van der Waals surface area contributed by atoms with Gasteiger partial charge in [0.1, 0.15) is 5.69 Å². The molecule has 1 fully saturated rings. The van der Waals surface area contributed by atoms with Crippen molar-refractivity contribution in [2.45, 2.75) is 25.1 Å². The molecule has 1 aliphatic rings. The third-order valence-electron chi connectivity index (χ3n) is 3.45. The Balaban J connectivity index is 1.93. The Kier molecular flexibility index (Phi) is 4.83. The van der Waals surface area contributed by atoms with Gasteiger partial charge in [-0.1, -0.05) is 11.6 Å². The van der Waals surface area contributed by atoms with Crippen molar-refractivity contribution in [3.8, 4) is 0 Å². The fraction of sp³-hybridized carbons (Fsp3) is 0.615. The van der Waals surface area contributed by atoms with Crippen LogP contribution in [0.4, 0.5) is 13.2 Å². The molecule has 0 spiro atoms. The summed E-state index contributed by atoms with van der Waals surface area (Å²) in [5, 5.41) is 3.23. The second-order valence-corrected chi connectivity index (χ2v) is 5.75. The lowest BCUT2D eigenvalue weighted by molar-refractivity contribution is -0.148. The molecule has 2 heterocycles. The summed E-state index contributed by atoms with van der Waals surface area (Å²) in [6.07, 6.45) is -1.29. The zero-order chi connectivity index (χ0) is 15.6. The zero-order valence-electron chi connectivity index (χ0n) is 11.6. The number of rotatable bonds is 3. The molecule has 118 valence electrons. The second-order valence-electron chi connectivity index (χ2n) is 5.32. The van der Waals surface area contributed by atoms with Crippen molar-refractivity contribution in [1.29, 1.82) is 0 Å². The number of piperidine rings is 1. The first kappa shape index (κ1) is 16.2. The summed E-state index contributed by atoms with van der Waals surface area (Å²) < 4.78 is 38.8. The van der Waals surface area contributed by atoms with E-state index in [0.29, 0.717) is 30.1 Å². The monoisotopic (exact) mass is 323 g/mol. The smallest absolute Gasteiger partial charge is 0.347 e. The molecule has 0 aromatic carbocycles. The molecule has 0 aliphatic carbocycles. The molecule has 4 nitrogen and oxygen atoms in total.